The van der Waals surface area contributed by atoms with Crippen LogP contribution >= 0.6 is 0 Å². The predicted molar refractivity (Wildman–Crippen MR) is 109 cm³/mol. The molecule has 1 rings (SSSR count). The van der Waals surface area contributed by atoms with Gasteiger partial charge >= 0.3 is 11.9 Å². The lowest BCUT2D eigenvalue weighted by atomic mass is 10.0. The van der Waals surface area contributed by atoms with Crippen LogP contribution in [0.3, 0.4) is 0 Å². The topological polar surface area (TPSA) is 185 Å². The molecule has 30 heavy (non-hydrogen) atoms. The first kappa shape index (κ1) is 25.1. The molecule has 0 aliphatic carbocycles. The number of aliphatic carboxylic acids is 2. The van der Waals surface area contributed by atoms with Gasteiger partial charge in [-0.15, -0.1) is 0 Å². The van der Waals surface area contributed by atoms with Crippen molar-refractivity contribution >= 4 is 23.8 Å². The molecule has 2 amide bonds. The lowest BCUT2D eigenvalue weighted by Gasteiger charge is -2.23. The van der Waals surface area contributed by atoms with Gasteiger partial charge in [-0.1, -0.05) is 30.3 Å². The second-order valence-corrected chi connectivity index (χ2v) is 6.97. The van der Waals surface area contributed by atoms with Crippen LogP contribution in [0.25, 0.3) is 0 Å². The number of carbonyl (C=O) groups is 4. The summed E-state index contributed by atoms with van der Waals surface area (Å²) in [5.74, 6) is -3.76. The van der Waals surface area contributed by atoms with E-state index in [2.05, 4.69) is 10.6 Å². The van der Waals surface area contributed by atoms with Crippen molar-refractivity contribution in [2.45, 2.75) is 56.7 Å². The molecule has 3 unspecified atom stereocenters. The van der Waals surface area contributed by atoms with Gasteiger partial charge in [-0.05, 0) is 44.2 Å². The van der Waals surface area contributed by atoms with E-state index in [9.17, 15) is 24.3 Å². The van der Waals surface area contributed by atoms with E-state index in [1.165, 1.54) is 0 Å². The molecule has 0 saturated heterocycles. The molecule has 0 aromatic heterocycles. The highest BCUT2D eigenvalue weighted by atomic mass is 16.4. The highest BCUT2D eigenvalue weighted by Crippen LogP contribution is 2.06. The third kappa shape index (κ3) is 9.48. The van der Waals surface area contributed by atoms with E-state index in [-0.39, 0.29) is 19.3 Å². The van der Waals surface area contributed by atoms with E-state index in [0.29, 0.717) is 19.4 Å². The SMILES string of the molecule is NCCCCC(NC(=O)C(N)Cc1ccccc1)C(=O)NC(CCC(=O)O)C(=O)O. The normalized spacial score (nSPS) is 13.7. The lowest BCUT2D eigenvalue weighted by Crippen LogP contribution is -2.54. The van der Waals surface area contributed by atoms with Gasteiger partial charge in [0.25, 0.3) is 0 Å². The number of carboxylic acid groups (broad SMARTS) is 2. The second kappa shape index (κ2) is 13.3. The zero-order valence-electron chi connectivity index (χ0n) is 16.8. The van der Waals surface area contributed by atoms with Crippen LogP contribution in [-0.2, 0) is 25.6 Å². The summed E-state index contributed by atoms with van der Waals surface area (Å²) in [4.78, 5) is 47.1. The van der Waals surface area contributed by atoms with Gasteiger partial charge < -0.3 is 32.3 Å². The van der Waals surface area contributed by atoms with Crippen molar-refractivity contribution in [3.8, 4) is 0 Å². The average molecular weight is 422 g/mol. The number of hydrogen-bond donors (Lipinski definition) is 6. The van der Waals surface area contributed by atoms with Crippen molar-refractivity contribution in [1.29, 1.82) is 0 Å². The monoisotopic (exact) mass is 422 g/mol. The fourth-order valence-electron chi connectivity index (χ4n) is 2.80. The third-order valence-electron chi connectivity index (χ3n) is 4.48. The van der Waals surface area contributed by atoms with Gasteiger partial charge in [-0.3, -0.25) is 14.4 Å². The number of hydrogen-bond acceptors (Lipinski definition) is 6. The van der Waals surface area contributed by atoms with Gasteiger partial charge in [-0.25, -0.2) is 4.79 Å². The van der Waals surface area contributed by atoms with E-state index in [4.69, 9.17) is 16.6 Å². The van der Waals surface area contributed by atoms with Gasteiger partial charge in [0.15, 0.2) is 0 Å². The number of rotatable bonds is 14. The van der Waals surface area contributed by atoms with Gasteiger partial charge in [0.2, 0.25) is 11.8 Å². The summed E-state index contributed by atoms with van der Waals surface area (Å²) in [6.45, 7) is 0.409. The van der Waals surface area contributed by atoms with Gasteiger partial charge in [0.05, 0.1) is 6.04 Å². The Labute approximate surface area is 175 Å². The van der Waals surface area contributed by atoms with E-state index < -0.39 is 48.3 Å². The summed E-state index contributed by atoms with van der Waals surface area (Å²) in [6, 6.07) is 5.89. The number of unbranched alkanes of at least 4 members (excludes halogenated alkanes) is 1. The van der Waals surface area contributed by atoms with E-state index >= 15 is 0 Å². The van der Waals surface area contributed by atoms with Crippen LogP contribution in [0.2, 0.25) is 0 Å². The summed E-state index contributed by atoms with van der Waals surface area (Å²) < 4.78 is 0. The molecule has 0 radical (unpaired) electrons. The maximum Gasteiger partial charge on any atom is 0.326 e. The minimum absolute atomic E-state index is 0.248. The van der Waals surface area contributed by atoms with Crippen LogP contribution in [0.15, 0.2) is 30.3 Å². The lowest BCUT2D eigenvalue weighted by molar-refractivity contribution is -0.143. The number of nitrogens with one attached hydrogen (secondary N) is 2. The van der Waals surface area contributed by atoms with E-state index in [1.807, 2.05) is 30.3 Å². The van der Waals surface area contributed by atoms with Crippen molar-refractivity contribution in [2.75, 3.05) is 6.54 Å². The molecule has 0 fully saturated rings. The first-order chi connectivity index (χ1) is 14.2. The summed E-state index contributed by atoms with van der Waals surface area (Å²) in [5, 5.41) is 22.9. The Morgan fingerprint density at radius 3 is 2.10 bits per heavy atom. The summed E-state index contributed by atoms with van der Waals surface area (Å²) in [6.07, 6.45) is 1.00. The molecule has 1 aromatic rings. The molecular formula is C20H30N4O6. The maximum absolute atomic E-state index is 12.6. The van der Waals surface area contributed by atoms with Crippen molar-refractivity contribution in [3.05, 3.63) is 35.9 Å². The van der Waals surface area contributed by atoms with E-state index in [1.54, 1.807) is 0 Å². The average Bonchev–Trinajstić information content (AvgIpc) is 2.70. The van der Waals surface area contributed by atoms with Gasteiger partial charge in [0, 0.05) is 6.42 Å². The second-order valence-electron chi connectivity index (χ2n) is 6.97. The molecule has 0 heterocycles. The molecule has 10 nitrogen and oxygen atoms in total. The van der Waals surface area contributed by atoms with Crippen LogP contribution in [0.5, 0.6) is 0 Å². The highest BCUT2D eigenvalue weighted by molar-refractivity contribution is 5.91. The largest absolute Gasteiger partial charge is 0.481 e. The molecule has 3 atom stereocenters. The molecule has 0 aliphatic rings. The standard InChI is InChI=1S/C20H30N4O6/c21-11-5-4-8-15(19(28)24-16(20(29)30)9-10-17(25)26)23-18(27)14(22)12-13-6-2-1-3-7-13/h1-3,6-7,14-16H,4-5,8-12,21-22H2,(H,23,27)(H,24,28)(H,25,26)(H,29,30). The Morgan fingerprint density at radius 2 is 1.53 bits per heavy atom. The quantitative estimate of drug-likeness (QED) is 0.219. The fourth-order valence-corrected chi connectivity index (χ4v) is 2.80. The number of nitrogens with two attached hydrogens (primary N) is 2. The van der Waals surface area contributed by atoms with Gasteiger partial charge in [-0.2, -0.15) is 0 Å². The van der Waals surface area contributed by atoms with Crippen LogP contribution in [0, 0.1) is 0 Å². The van der Waals surface area contributed by atoms with Crippen LogP contribution in [-0.4, -0.2) is 58.6 Å². The predicted octanol–water partition coefficient (Wildman–Crippen LogP) is -0.396. The van der Waals surface area contributed by atoms with Crippen molar-refractivity contribution < 1.29 is 29.4 Å². The van der Waals surface area contributed by atoms with Crippen molar-refractivity contribution in [2.24, 2.45) is 11.5 Å². The molecule has 0 spiro atoms. The molecular weight excluding hydrogens is 392 g/mol. The number of carbonyl (C=O) groups excluding carboxylic acids is 2. The smallest absolute Gasteiger partial charge is 0.326 e. The fraction of sp³-hybridized carbons (Fsp3) is 0.500. The molecule has 10 heteroatoms. The first-order valence-corrected chi connectivity index (χ1v) is 9.79. The van der Waals surface area contributed by atoms with E-state index in [0.717, 1.165) is 5.56 Å². The summed E-state index contributed by atoms with van der Waals surface area (Å²) in [7, 11) is 0. The van der Waals surface area contributed by atoms with Crippen molar-refractivity contribution in [1.82, 2.24) is 10.6 Å². The molecule has 0 saturated carbocycles. The highest BCUT2D eigenvalue weighted by Gasteiger charge is 2.28. The first-order valence-electron chi connectivity index (χ1n) is 9.79. The summed E-state index contributed by atoms with van der Waals surface area (Å²) >= 11 is 0. The van der Waals surface area contributed by atoms with Gasteiger partial charge in [0.1, 0.15) is 12.1 Å². The minimum Gasteiger partial charge on any atom is -0.481 e. The Hall–Kier alpha value is -2.98. The Kier molecular flexibility index (Phi) is 11.1. The number of carboxylic acids is 2. The third-order valence-corrected chi connectivity index (χ3v) is 4.48. The Bertz CT molecular complexity index is 713. The zero-order chi connectivity index (χ0) is 22.5. The van der Waals surface area contributed by atoms with Crippen LogP contribution in [0.1, 0.15) is 37.7 Å². The minimum atomic E-state index is -1.37. The molecule has 8 N–H and O–H groups in total. The zero-order valence-corrected chi connectivity index (χ0v) is 16.8. The van der Waals surface area contributed by atoms with Crippen LogP contribution in [0.4, 0.5) is 0 Å². The molecule has 0 bridgehead atoms. The molecule has 0 aliphatic heterocycles. The Balaban J connectivity index is 2.77. The number of benzene rings is 1. The maximum atomic E-state index is 12.6. The summed E-state index contributed by atoms with van der Waals surface area (Å²) in [5.41, 5.74) is 12.3. The number of amides is 2. The molecule has 1 aromatic carbocycles. The Morgan fingerprint density at radius 1 is 0.900 bits per heavy atom. The molecule has 166 valence electrons. The van der Waals surface area contributed by atoms with Crippen LogP contribution < -0.4 is 22.1 Å². The van der Waals surface area contributed by atoms with Crippen molar-refractivity contribution in [3.63, 3.8) is 0 Å².